The van der Waals surface area contributed by atoms with Crippen molar-refractivity contribution in [3.63, 3.8) is 0 Å². The number of ether oxygens (including phenoxy) is 1. The van der Waals surface area contributed by atoms with E-state index in [9.17, 15) is 5.11 Å². The summed E-state index contributed by atoms with van der Waals surface area (Å²) in [6.07, 6.45) is 4.05. The average Bonchev–Trinajstić information content (AvgIpc) is 2.21. The molecule has 1 atom stereocenters. The molecule has 5 heteroatoms. The van der Waals surface area contributed by atoms with Gasteiger partial charge in [-0.3, -0.25) is 0 Å². The van der Waals surface area contributed by atoms with Crippen LogP contribution in [0.15, 0.2) is 23.6 Å². The molecule has 1 unspecified atom stereocenters. The molecule has 0 radical (unpaired) electrons. The minimum absolute atomic E-state index is 0.197. The second-order valence-corrected chi connectivity index (χ2v) is 8.84. The monoisotopic (exact) mass is 244 g/mol. The van der Waals surface area contributed by atoms with E-state index in [0.29, 0.717) is 5.20 Å². The van der Waals surface area contributed by atoms with Crippen LogP contribution in [0.2, 0.25) is 5.04 Å². The van der Waals surface area contributed by atoms with Crippen LogP contribution in [0.5, 0.6) is 0 Å². The van der Waals surface area contributed by atoms with Crippen molar-refractivity contribution < 1.29 is 18.7 Å². The van der Waals surface area contributed by atoms with Crippen LogP contribution in [0.1, 0.15) is 20.8 Å². The first kappa shape index (κ1) is 13.4. The Balaban J connectivity index is 3.21. The van der Waals surface area contributed by atoms with Crippen molar-refractivity contribution in [1.29, 1.82) is 0 Å². The van der Waals surface area contributed by atoms with Crippen molar-refractivity contribution in [2.45, 2.75) is 32.1 Å². The van der Waals surface area contributed by atoms with Crippen LogP contribution in [0.4, 0.5) is 0 Å². The van der Waals surface area contributed by atoms with E-state index in [4.69, 9.17) is 13.6 Å². The average molecular weight is 244 g/mol. The van der Waals surface area contributed by atoms with Gasteiger partial charge < -0.3 is 18.7 Å². The summed E-state index contributed by atoms with van der Waals surface area (Å²) in [6, 6.07) is 0. The number of aliphatic hydroxyl groups is 1. The first-order chi connectivity index (χ1) is 7.39. The van der Waals surface area contributed by atoms with Gasteiger partial charge in [0.2, 0.25) is 6.29 Å². The fourth-order valence-corrected chi connectivity index (χ4v) is 5.49. The van der Waals surface area contributed by atoms with Crippen molar-refractivity contribution in [3.8, 4) is 0 Å². The van der Waals surface area contributed by atoms with Gasteiger partial charge in [0.15, 0.2) is 0 Å². The molecule has 1 aliphatic rings. The molecule has 0 amide bonds. The fourth-order valence-electron chi connectivity index (χ4n) is 2.06. The Bertz CT molecular complexity index is 300. The van der Waals surface area contributed by atoms with Gasteiger partial charge in [-0.25, -0.2) is 0 Å². The van der Waals surface area contributed by atoms with E-state index in [1.54, 1.807) is 20.3 Å². The number of hydrogen-bond donors (Lipinski definition) is 1. The topological polar surface area (TPSA) is 47.9 Å². The lowest BCUT2D eigenvalue weighted by atomic mass is 10.2. The number of hydrogen-bond acceptors (Lipinski definition) is 4. The second kappa shape index (κ2) is 4.71. The minimum Gasteiger partial charge on any atom is -0.469 e. The maximum absolute atomic E-state index is 9.86. The number of allylic oxidation sites excluding steroid dienone is 2. The Morgan fingerprint density at radius 2 is 1.88 bits per heavy atom. The van der Waals surface area contributed by atoms with Gasteiger partial charge in [0.1, 0.15) is 0 Å². The Hall–Kier alpha value is -0.623. The highest BCUT2D eigenvalue weighted by Crippen LogP contribution is 2.43. The highest BCUT2D eigenvalue weighted by molar-refractivity contribution is 6.78. The summed E-state index contributed by atoms with van der Waals surface area (Å²) in [4.78, 5) is 0. The summed E-state index contributed by atoms with van der Waals surface area (Å²) in [5.41, 5.74) is 0. The van der Waals surface area contributed by atoms with E-state index in [-0.39, 0.29) is 5.04 Å². The van der Waals surface area contributed by atoms with Gasteiger partial charge in [-0.2, -0.15) is 0 Å². The molecule has 0 spiro atoms. The van der Waals surface area contributed by atoms with Gasteiger partial charge in [-0.15, -0.1) is 0 Å². The lowest BCUT2D eigenvalue weighted by Gasteiger charge is -2.41. The first-order valence-electron chi connectivity index (χ1n) is 5.20. The summed E-state index contributed by atoms with van der Waals surface area (Å²) in [5, 5.41) is 10.4. The molecular formula is C11H20O4Si. The third-order valence-electron chi connectivity index (χ3n) is 2.77. The molecular weight excluding hydrogens is 224 g/mol. The van der Waals surface area contributed by atoms with Crippen molar-refractivity contribution >= 4 is 8.56 Å². The summed E-state index contributed by atoms with van der Waals surface area (Å²) in [5.74, 6) is 0. The normalized spacial score (nSPS) is 21.6. The number of rotatable bonds is 3. The molecule has 1 heterocycles. The van der Waals surface area contributed by atoms with E-state index in [1.807, 2.05) is 26.8 Å². The van der Waals surface area contributed by atoms with E-state index in [1.165, 1.54) is 6.26 Å². The molecule has 16 heavy (non-hydrogen) atoms. The van der Waals surface area contributed by atoms with Crippen LogP contribution < -0.4 is 0 Å². The maximum atomic E-state index is 9.86. The predicted molar refractivity (Wildman–Crippen MR) is 63.8 cm³/mol. The molecule has 1 N–H and O–H groups in total. The zero-order valence-corrected chi connectivity index (χ0v) is 11.5. The zero-order chi connectivity index (χ0) is 12.4. The molecule has 0 bridgehead atoms. The molecule has 4 nitrogen and oxygen atoms in total. The van der Waals surface area contributed by atoms with Crippen LogP contribution in [0, 0.1) is 0 Å². The molecule has 0 fully saturated rings. The lowest BCUT2D eigenvalue weighted by Crippen LogP contribution is -2.54. The van der Waals surface area contributed by atoms with E-state index < -0.39 is 14.9 Å². The predicted octanol–water partition coefficient (Wildman–Crippen LogP) is 1.85. The Morgan fingerprint density at radius 3 is 2.25 bits per heavy atom. The smallest absolute Gasteiger partial charge is 0.379 e. The van der Waals surface area contributed by atoms with Gasteiger partial charge >= 0.3 is 8.56 Å². The van der Waals surface area contributed by atoms with Gasteiger partial charge in [0.25, 0.3) is 0 Å². The maximum Gasteiger partial charge on any atom is 0.379 e. The molecule has 0 aromatic rings. The zero-order valence-electron chi connectivity index (χ0n) is 10.5. The lowest BCUT2D eigenvalue weighted by molar-refractivity contribution is -0.0231. The molecule has 0 aliphatic carbocycles. The van der Waals surface area contributed by atoms with Crippen LogP contribution >= 0.6 is 0 Å². The third-order valence-corrected chi connectivity index (χ3v) is 7.07. The minimum atomic E-state index is -2.67. The summed E-state index contributed by atoms with van der Waals surface area (Å²) in [6.45, 7) is 6.12. The van der Waals surface area contributed by atoms with Crippen molar-refractivity contribution in [2.24, 2.45) is 0 Å². The summed E-state index contributed by atoms with van der Waals surface area (Å²) < 4.78 is 16.3. The van der Waals surface area contributed by atoms with E-state index >= 15 is 0 Å². The summed E-state index contributed by atoms with van der Waals surface area (Å²) >= 11 is 0. The molecule has 1 rings (SSSR count). The Labute approximate surface area is 97.8 Å². The van der Waals surface area contributed by atoms with Crippen molar-refractivity contribution in [3.05, 3.63) is 23.6 Å². The Morgan fingerprint density at radius 1 is 1.31 bits per heavy atom. The highest BCUT2D eigenvalue weighted by atomic mass is 28.4. The van der Waals surface area contributed by atoms with Gasteiger partial charge in [0, 0.05) is 24.5 Å². The van der Waals surface area contributed by atoms with Crippen molar-refractivity contribution in [1.82, 2.24) is 0 Å². The molecule has 1 aliphatic heterocycles. The van der Waals surface area contributed by atoms with Gasteiger partial charge in [0.05, 0.1) is 6.26 Å². The highest BCUT2D eigenvalue weighted by Gasteiger charge is 2.54. The van der Waals surface area contributed by atoms with Crippen molar-refractivity contribution in [2.75, 3.05) is 14.2 Å². The van der Waals surface area contributed by atoms with Gasteiger partial charge in [-0.1, -0.05) is 26.8 Å². The molecule has 0 saturated heterocycles. The van der Waals surface area contributed by atoms with Crippen LogP contribution in [-0.2, 0) is 13.6 Å². The molecule has 0 aromatic heterocycles. The van der Waals surface area contributed by atoms with Crippen LogP contribution in [-0.4, -0.2) is 34.2 Å². The molecule has 0 aromatic carbocycles. The van der Waals surface area contributed by atoms with Crippen LogP contribution in [0.25, 0.3) is 0 Å². The molecule has 0 saturated carbocycles. The first-order valence-corrected chi connectivity index (χ1v) is 7.01. The second-order valence-electron chi connectivity index (χ2n) is 4.71. The SMILES string of the molecule is CO[Si](OC)(C1=CC=COC1O)C(C)(C)C. The van der Waals surface area contributed by atoms with E-state index in [2.05, 4.69) is 0 Å². The van der Waals surface area contributed by atoms with E-state index in [0.717, 1.165) is 0 Å². The molecule has 92 valence electrons. The Kier molecular flexibility index (Phi) is 3.95. The quantitative estimate of drug-likeness (QED) is 0.770. The standard InChI is InChI=1S/C11H20O4Si/c1-11(2,3)16(13-4,14-5)9-7-6-8-15-10(9)12/h6-8,10,12H,1-5H3. The summed E-state index contributed by atoms with van der Waals surface area (Å²) in [7, 11) is 0.563. The fraction of sp³-hybridized carbons (Fsp3) is 0.636. The van der Waals surface area contributed by atoms with Gasteiger partial charge in [-0.05, 0) is 6.08 Å². The van der Waals surface area contributed by atoms with Crippen LogP contribution in [0.3, 0.4) is 0 Å². The largest absolute Gasteiger partial charge is 0.469 e. The third kappa shape index (κ3) is 2.08. The number of aliphatic hydroxyl groups excluding tert-OH is 1.